The van der Waals surface area contributed by atoms with E-state index < -0.39 is 43.0 Å². The van der Waals surface area contributed by atoms with E-state index in [4.69, 9.17) is 0 Å². The van der Waals surface area contributed by atoms with Crippen LogP contribution in [0.2, 0.25) is 0 Å². The van der Waals surface area contributed by atoms with Crippen molar-refractivity contribution in [2.75, 3.05) is 4.43 Å². The third-order valence-corrected chi connectivity index (χ3v) is 3.59. The molecule has 0 aromatic heterocycles. The van der Waals surface area contributed by atoms with Gasteiger partial charge in [-0.3, -0.25) is 0 Å². The molecule has 0 saturated heterocycles. The molecule has 1 unspecified atom stereocenters. The van der Waals surface area contributed by atoms with Crippen molar-refractivity contribution in [3.63, 3.8) is 0 Å². The van der Waals surface area contributed by atoms with E-state index in [9.17, 15) is 43.9 Å². The van der Waals surface area contributed by atoms with Gasteiger partial charge in [-0.2, -0.15) is 39.5 Å². The molecule has 0 rings (SSSR count). The lowest BCUT2D eigenvalue weighted by atomic mass is 9.87. The molecule has 0 nitrogen and oxygen atoms in total. The van der Waals surface area contributed by atoms with Crippen LogP contribution < -0.4 is 0 Å². The quantitative estimate of drug-likeness (QED) is 0.203. The minimum atomic E-state index is -6.46. The normalized spacial score (nSPS) is 16.1. The van der Waals surface area contributed by atoms with E-state index in [0.29, 0.717) is 4.43 Å². The van der Waals surface area contributed by atoms with Gasteiger partial charge in [0.2, 0.25) is 0 Å². The van der Waals surface area contributed by atoms with Crippen molar-refractivity contribution in [3.8, 4) is 0 Å². The number of halogens is 11. The third kappa shape index (κ3) is 5.62. The van der Waals surface area contributed by atoms with Crippen LogP contribution in [-0.4, -0.2) is 28.6 Å². The Labute approximate surface area is 127 Å². The zero-order chi connectivity index (χ0) is 17.1. The maximum absolute atomic E-state index is 13.3. The molecule has 11 heteroatoms. The summed E-state index contributed by atoms with van der Waals surface area (Å²) in [6, 6.07) is 0. The highest BCUT2D eigenvalue weighted by molar-refractivity contribution is 14.1. The van der Waals surface area contributed by atoms with Crippen LogP contribution >= 0.6 is 22.6 Å². The molecule has 0 amide bonds. The van der Waals surface area contributed by atoms with E-state index in [0.717, 1.165) is 0 Å². The van der Waals surface area contributed by atoms with Gasteiger partial charge in [-0.15, -0.1) is 0 Å². The summed E-state index contributed by atoms with van der Waals surface area (Å²) in [6.07, 6.45) is -22.0. The van der Waals surface area contributed by atoms with Gasteiger partial charge in [0.1, 0.15) is 0 Å². The van der Waals surface area contributed by atoms with Gasteiger partial charge >= 0.3 is 18.5 Å². The summed E-state index contributed by atoms with van der Waals surface area (Å²) in [6.45, 7) is 0. The van der Waals surface area contributed by atoms with E-state index in [1.165, 1.54) is 0 Å². The number of unbranched alkanes of at least 4 members (excludes halogenated alkanes) is 1. The lowest BCUT2D eigenvalue weighted by Gasteiger charge is -2.33. The fourth-order valence-corrected chi connectivity index (χ4v) is 2.14. The van der Waals surface area contributed by atoms with Crippen LogP contribution in [-0.2, 0) is 0 Å². The van der Waals surface area contributed by atoms with Crippen LogP contribution in [0, 0.1) is 5.92 Å². The van der Waals surface area contributed by atoms with Crippen molar-refractivity contribution in [1.29, 1.82) is 0 Å². The Morgan fingerprint density at radius 1 is 0.714 bits per heavy atom. The first-order valence-corrected chi connectivity index (χ1v) is 7.14. The van der Waals surface area contributed by atoms with Gasteiger partial charge in [0.05, 0.1) is 5.92 Å². The fourth-order valence-electron chi connectivity index (χ4n) is 1.60. The lowest BCUT2D eigenvalue weighted by molar-refractivity contribution is -0.352. The average Bonchev–Trinajstić information content (AvgIpc) is 2.23. The Kier molecular flexibility index (Phi) is 7.08. The molecule has 128 valence electrons. The molecule has 0 spiro atoms. The molecule has 0 aliphatic carbocycles. The molecule has 0 heterocycles. The van der Waals surface area contributed by atoms with Crippen molar-refractivity contribution >= 4 is 22.6 Å². The molecule has 0 aromatic rings. The highest BCUT2D eigenvalue weighted by atomic mass is 127. The standard InChI is InChI=1S/C10H11F10I/c11-7(9(15,16)17,10(18,19)20)5-6(8(12,13)14)3-1-2-4-21/h6H,1-5H2. The second-order valence-electron chi connectivity index (χ2n) is 4.42. The van der Waals surface area contributed by atoms with E-state index in [1.807, 2.05) is 0 Å². The smallest absolute Gasteiger partial charge is 0.224 e. The van der Waals surface area contributed by atoms with Crippen molar-refractivity contribution in [3.05, 3.63) is 0 Å². The van der Waals surface area contributed by atoms with Crippen LogP contribution in [0.25, 0.3) is 0 Å². The molecule has 0 aromatic carbocycles. The van der Waals surface area contributed by atoms with Gasteiger partial charge in [0.25, 0.3) is 5.67 Å². The topological polar surface area (TPSA) is 0 Å². The lowest BCUT2D eigenvalue weighted by Crippen LogP contribution is -2.55. The predicted molar refractivity (Wildman–Crippen MR) is 62.8 cm³/mol. The van der Waals surface area contributed by atoms with Gasteiger partial charge in [-0.05, 0) is 17.3 Å². The van der Waals surface area contributed by atoms with Gasteiger partial charge in [0, 0.05) is 6.42 Å². The Balaban J connectivity index is 5.34. The first-order chi connectivity index (χ1) is 9.17. The summed E-state index contributed by atoms with van der Waals surface area (Å²) in [5, 5.41) is 0. The predicted octanol–water partition coefficient (Wildman–Crippen LogP) is 5.99. The van der Waals surface area contributed by atoms with E-state index in [-0.39, 0.29) is 12.8 Å². The second-order valence-corrected chi connectivity index (χ2v) is 5.50. The van der Waals surface area contributed by atoms with Crippen molar-refractivity contribution in [2.45, 2.75) is 49.9 Å². The Morgan fingerprint density at radius 3 is 1.43 bits per heavy atom. The summed E-state index contributed by atoms with van der Waals surface area (Å²) < 4.78 is 125. The molecule has 0 aliphatic rings. The van der Waals surface area contributed by atoms with Gasteiger partial charge in [-0.1, -0.05) is 29.0 Å². The highest BCUT2D eigenvalue weighted by Gasteiger charge is 2.73. The van der Waals surface area contributed by atoms with Crippen LogP contribution in [0.4, 0.5) is 43.9 Å². The highest BCUT2D eigenvalue weighted by Crippen LogP contribution is 2.52. The van der Waals surface area contributed by atoms with Gasteiger partial charge in [0.15, 0.2) is 0 Å². The summed E-state index contributed by atoms with van der Waals surface area (Å²) in [7, 11) is 0. The fraction of sp³-hybridized carbons (Fsp3) is 1.00. The van der Waals surface area contributed by atoms with Crippen molar-refractivity contribution < 1.29 is 43.9 Å². The molecule has 0 radical (unpaired) electrons. The van der Waals surface area contributed by atoms with E-state index in [1.54, 1.807) is 22.6 Å². The zero-order valence-electron chi connectivity index (χ0n) is 10.3. The molecular weight excluding hydrogens is 437 g/mol. The van der Waals surface area contributed by atoms with E-state index >= 15 is 0 Å². The Hall–Kier alpha value is 0.0300. The molecular formula is C10H11F10I. The van der Waals surface area contributed by atoms with E-state index in [2.05, 4.69) is 0 Å². The summed E-state index contributed by atoms with van der Waals surface area (Å²) >= 11 is 1.79. The minimum Gasteiger partial charge on any atom is -0.224 e. The number of rotatable bonds is 6. The Bertz CT molecular complexity index is 301. The van der Waals surface area contributed by atoms with Crippen molar-refractivity contribution in [1.82, 2.24) is 0 Å². The SMILES string of the molecule is FC(F)(F)C(CCCCI)CC(F)(C(F)(F)F)C(F)(F)F. The molecule has 0 aliphatic heterocycles. The first-order valence-electron chi connectivity index (χ1n) is 5.62. The van der Waals surface area contributed by atoms with Crippen LogP contribution in [0.15, 0.2) is 0 Å². The molecule has 0 fully saturated rings. The largest absolute Gasteiger partial charge is 0.431 e. The first kappa shape index (κ1) is 21.0. The second kappa shape index (κ2) is 7.07. The number of hydrogen-bond donors (Lipinski definition) is 0. The number of hydrogen-bond acceptors (Lipinski definition) is 0. The number of alkyl halides is 11. The van der Waals surface area contributed by atoms with Crippen molar-refractivity contribution in [2.24, 2.45) is 5.92 Å². The molecule has 0 bridgehead atoms. The van der Waals surface area contributed by atoms with Crippen LogP contribution in [0.3, 0.4) is 0 Å². The maximum atomic E-state index is 13.3. The average molecular weight is 448 g/mol. The molecule has 0 N–H and O–H groups in total. The maximum Gasteiger partial charge on any atom is 0.431 e. The summed E-state index contributed by atoms with van der Waals surface area (Å²) in [5.41, 5.74) is -5.87. The summed E-state index contributed by atoms with van der Waals surface area (Å²) in [5.74, 6) is -3.01. The molecule has 21 heavy (non-hydrogen) atoms. The monoisotopic (exact) mass is 448 g/mol. The summed E-state index contributed by atoms with van der Waals surface area (Å²) in [4.78, 5) is 0. The molecule has 1 atom stereocenters. The van der Waals surface area contributed by atoms with Crippen LogP contribution in [0.5, 0.6) is 0 Å². The third-order valence-electron chi connectivity index (χ3n) is 2.83. The van der Waals surface area contributed by atoms with Gasteiger partial charge in [-0.25, -0.2) is 4.39 Å². The van der Waals surface area contributed by atoms with Gasteiger partial charge < -0.3 is 0 Å². The Morgan fingerprint density at radius 2 is 1.14 bits per heavy atom. The molecule has 0 saturated carbocycles. The zero-order valence-corrected chi connectivity index (χ0v) is 12.4. The van der Waals surface area contributed by atoms with Crippen LogP contribution in [0.1, 0.15) is 25.7 Å². The minimum absolute atomic E-state index is 0.185.